The molecular weight excluding hydrogens is 459 g/mol. The number of benzene rings is 1. The van der Waals surface area contributed by atoms with Crippen molar-refractivity contribution in [3.63, 3.8) is 0 Å². The monoisotopic (exact) mass is 468 g/mol. The van der Waals surface area contributed by atoms with Crippen LogP contribution in [0.25, 0.3) is 0 Å². The molecule has 3 rings (SSSR count). The molecule has 138 valence electrons. The summed E-state index contributed by atoms with van der Waals surface area (Å²) < 4.78 is 52.2. The summed E-state index contributed by atoms with van der Waals surface area (Å²) in [5, 5.41) is 0.438. The maximum Gasteiger partial charge on any atom is 0.271 e. The van der Waals surface area contributed by atoms with Crippen LogP contribution in [0.15, 0.2) is 52.7 Å². The second-order valence-electron chi connectivity index (χ2n) is 4.84. The number of thiophene rings is 2. The number of nitrogens with zero attached hydrogens (tertiary/aromatic N) is 1. The van der Waals surface area contributed by atoms with Gasteiger partial charge in [-0.3, -0.25) is 4.72 Å². The standard InChI is InChI=1S/C14H10Cl2N2O4S4/c15-11-5-7-13(23-11)18(25(19)20)10-3-1-9(2-4-10)17-26(21,22)14-8-6-12(16)24-14/h1-8,17,25H. The number of nitrogens with one attached hydrogen (secondary N) is 1. The lowest BCUT2D eigenvalue weighted by Gasteiger charge is -2.16. The van der Waals surface area contributed by atoms with Crippen LogP contribution in [0.5, 0.6) is 0 Å². The normalized spacial score (nSPS) is 11.7. The SMILES string of the molecule is O=[SH](=O)N(c1ccc(NS(=O)(=O)c2ccc(Cl)s2)cc1)c1ccc(Cl)s1. The van der Waals surface area contributed by atoms with E-state index in [0.29, 0.717) is 25.0 Å². The Kier molecular flexibility index (Phi) is 5.80. The molecule has 0 aliphatic heterocycles. The Morgan fingerprint density at radius 1 is 0.885 bits per heavy atom. The van der Waals surface area contributed by atoms with Gasteiger partial charge < -0.3 is 0 Å². The quantitative estimate of drug-likeness (QED) is 0.518. The molecule has 0 atom stereocenters. The van der Waals surface area contributed by atoms with E-state index < -0.39 is 20.9 Å². The second-order valence-corrected chi connectivity index (χ2v) is 11.0. The van der Waals surface area contributed by atoms with E-state index in [4.69, 9.17) is 23.2 Å². The van der Waals surface area contributed by atoms with Crippen LogP contribution in [0.1, 0.15) is 0 Å². The van der Waals surface area contributed by atoms with Crippen molar-refractivity contribution in [2.24, 2.45) is 0 Å². The minimum atomic E-state index is -3.76. The molecule has 2 heterocycles. The molecule has 26 heavy (non-hydrogen) atoms. The first-order valence-corrected chi connectivity index (χ1v) is 11.8. The van der Waals surface area contributed by atoms with Gasteiger partial charge in [-0.05, 0) is 48.5 Å². The highest BCUT2D eigenvalue weighted by atomic mass is 35.5. The van der Waals surface area contributed by atoms with E-state index in [9.17, 15) is 16.8 Å². The molecule has 0 bridgehead atoms. The van der Waals surface area contributed by atoms with E-state index in [-0.39, 0.29) is 4.21 Å². The Labute approximate surface area is 169 Å². The summed E-state index contributed by atoms with van der Waals surface area (Å²) >= 11 is 13.7. The van der Waals surface area contributed by atoms with Gasteiger partial charge in [-0.1, -0.05) is 23.2 Å². The lowest BCUT2D eigenvalue weighted by atomic mass is 10.3. The van der Waals surface area contributed by atoms with Gasteiger partial charge in [0.15, 0.2) is 0 Å². The Morgan fingerprint density at radius 2 is 1.50 bits per heavy atom. The zero-order valence-electron chi connectivity index (χ0n) is 12.6. The summed E-state index contributed by atoms with van der Waals surface area (Å²) in [5.41, 5.74) is 0.658. The molecular formula is C14H10Cl2N2O4S4. The average molecular weight is 469 g/mol. The fourth-order valence-electron chi connectivity index (χ4n) is 2.04. The molecule has 0 amide bonds. The number of halogens is 2. The topological polar surface area (TPSA) is 83.6 Å². The van der Waals surface area contributed by atoms with Crippen LogP contribution in [0.4, 0.5) is 16.4 Å². The number of rotatable bonds is 6. The van der Waals surface area contributed by atoms with E-state index in [1.165, 1.54) is 36.4 Å². The van der Waals surface area contributed by atoms with Gasteiger partial charge in [-0.2, -0.15) is 0 Å². The number of sulfonamides is 1. The molecule has 0 spiro atoms. The first-order valence-electron chi connectivity index (χ1n) is 6.84. The minimum absolute atomic E-state index is 0.0871. The van der Waals surface area contributed by atoms with Gasteiger partial charge in [0.25, 0.3) is 10.0 Å². The number of thiol groups is 1. The van der Waals surface area contributed by atoms with Gasteiger partial charge in [0, 0.05) is 5.69 Å². The van der Waals surface area contributed by atoms with Crippen molar-refractivity contribution in [3.05, 3.63) is 57.2 Å². The molecule has 0 radical (unpaired) electrons. The van der Waals surface area contributed by atoms with Gasteiger partial charge in [0.1, 0.15) is 9.21 Å². The maximum atomic E-state index is 12.3. The highest BCUT2D eigenvalue weighted by Crippen LogP contribution is 2.35. The first kappa shape index (κ1) is 19.5. The van der Waals surface area contributed by atoms with E-state index in [2.05, 4.69) is 4.72 Å². The summed E-state index contributed by atoms with van der Waals surface area (Å²) in [6.07, 6.45) is 0. The Bertz CT molecular complexity index is 1100. The minimum Gasteiger partial charge on any atom is -0.279 e. The van der Waals surface area contributed by atoms with Crippen molar-refractivity contribution in [2.75, 3.05) is 9.03 Å². The van der Waals surface area contributed by atoms with Crippen LogP contribution in [-0.4, -0.2) is 16.8 Å². The van der Waals surface area contributed by atoms with Crippen LogP contribution in [0, 0.1) is 0 Å². The van der Waals surface area contributed by atoms with Crippen molar-refractivity contribution in [2.45, 2.75) is 4.21 Å². The Balaban J connectivity index is 1.86. The molecule has 0 saturated carbocycles. The molecule has 0 aliphatic rings. The molecule has 1 aromatic carbocycles. The zero-order valence-corrected chi connectivity index (χ0v) is 17.5. The van der Waals surface area contributed by atoms with Crippen molar-refractivity contribution >= 4 is 83.2 Å². The average Bonchev–Trinajstić information content (AvgIpc) is 3.18. The van der Waals surface area contributed by atoms with E-state index in [0.717, 1.165) is 27.0 Å². The molecule has 6 nitrogen and oxygen atoms in total. The number of hydrogen-bond acceptors (Lipinski definition) is 6. The van der Waals surface area contributed by atoms with Crippen molar-refractivity contribution in [3.8, 4) is 0 Å². The summed E-state index contributed by atoms with van der Waals surface area (Å²) in [6, 6.07) is 12.0. The summed E-state index contributed by atoms with van der Waals surface area (Å²) in [7, 11) is -6.69. The zero-order chi connectivity index (χ0) is 18.9. The molecule has 3 aromatic rings. The number of anilines is 3. The van der Waals surface area contributed by atoms with Crippen molar-refractivity contribution in [1.82, 2.24) is 0 Å². The molecule has 0 saturated heterocycles. The lowest BCUT2D eigenvalue weighted by molar-refractivity contribution is 0.603. The first-order chi connectivity index (χ1) is 12.3. The smallest absolute Gasteiger partial charge is 0.271 e. The highest BCUT2D eigenvalue weighted by molar-refractivity contribution is 7.94. The van der Waals surface area contributed by atoms with Gasteiger partial charge in [0.05, 0.1) is 14.4 Å². The van der Waals surface area contributed by atoms with Gasteiger partial charge in [-0.15, -0.1) is 22.7 Å². The fourth-order valence-corrected chi connectivity index (χ4v) is 6.42. The third kappa shape index (κ3) is 4.33. The molecule has 2 aromatic heterocycles. The Morgan fingerprint density at radius 3 is 2.00 bits per heavy atom. The lowest BCUT2D eigenvalue weighted by Crippen LogP contribution is -2.14. The third-order valence-electron chi connectivity index (χ3n) is 3.11. The van der Waals surface area contributed by atoms with Crippen LogP contribution < -0.4 is 9.03 Å². The van der Waals surface area contributed by atoms with E-state index in [1.54, 1.807) is 12.1 Å². The van der Waals surface area contributed by atoms with Crippen LogP contribution in [0.2, 0.25) is 8.67 Å². The third-order valence-corrected chi connectivity index (χ3v) is 8.34. The van der Waals surface area contributed by atoms with Gasteiger partial charge in [0.2, 0.25) is 10.9 Å². The second kappa shape index (κ2) is 7.75. The Hall–Kier alpha value is -1.30. The molecule has 1 N–H and O–H groups in total. The largest absolute Gasteiger partial charge is 0.279 e. The molecule has 0 aliphatic carbocycles. The van der Waals surface area contributed by atoms with Crippen LogP contribution in [0.3, 0.4) is 0 Å². The highest BCUT2D eigenvalue weighted by Gasteiger charge is 2.18. The fraction of sp³-hybridized carbons (Fsp3) is 0. The molecule has 0 unspecified atom stereocenters. The van der Waals surface area contributed by atoms with Crippen LogP contribution in [-0.2, 0) is 20.9 Å². The number of hydrogen-bond donors (Lipinski definition) is 2. The van der Waals surface area contributed by atoms with Crippen molar-refractivity contribution in [1.29, 1.82) is 0 Å². The summed E-state index contributed by atoms with van der Waals surface area (Å²) in [4.78, 5) is 0. The maximum absolute atomic E-state index is 12.3. The van der Waals surface area contributed by atoms with Crippen molar-refractivity contribution < 1.29 is 16.8 Å². The van der Waals surface area contributed by atoms with Crippen LogP contribution >= 0.6 is 45.9 Å². The predicted molar refractivity (Wildman–Crippen MR) is 108 cm³/mol. The predicted octanol–water partition coefficient (Wildman–Crippen LogP) is 4.58. The molecule has 0 fully saturated rings. The van der Waals surface area contributed by atoms with E-state index >= 15 is 0 Å². The van der Waals surface area contributed by atoms with Gasteiger partial charge >= 0.3 is 0 Å². The van der Waals surface area contributed by atoms with E-state index in [1.807, 2.05) is 0 Å². The van der Waals surface area contributed by atoms with Gasteiger partial charge in [-0.25, -0.2) is 21.1 Å². The summed E-state index contributed by atoms with van der Waals surface area (Å²) in [6.45, 7) is 0. The molecule has 12 heteroatoms. The summed E-state index contributed by atoms with van der Waals surface area (Å²) in [5.74, 6) is 0.